The molecule has 0 spiro atoms. The van der Waals surface area contributed by atoms with E-state index in [2.05, 4.69) is 10.5 Å². The molecule has 1 amide bonds. The largest absolute Gasteiger partial charge is 0.493 e. The first-order chi connectivity index (χ1) is 17.0. The standard InChI is InChI=1S/C25H18Cl2N2O5S/c1-32-20-12-15(13-28-29-22(30)14-33-18-8-4-3-7-17(18)26)10-11-19(20)34-25(31)24-23(27)16-6-2-5-9-21(16)35-24/h2-13H,14H2,1H3,(H,29,30)/b28-13+. The Balaban J connectivity index is 1.38. The van der Waals surface area contributed by atoms with Crippen LogP contribution in [0.5, 0.6) is 17.2 Å². The van der Waals surface area contributed by atoms with Crippen molar-refractivity contribution in [2.75, 3.05) is 13.7 Å². The quantitative estimate of drug-likeness (QED) is 0.132. The number of ether oxygens (including phenoxy) is 3. The predicted molar refractivity (Wildman–Crippen MR) is 137 cm³/mol. The molecule has 1 N–H and O–H groups in total. The van der Waals surface area contributed by atoms with E-state index in [0.29, 0.717) is 32.0 Å². The Hall–Kier alpha value is -3.59. The van der Waals surface area contributed by atoms with Crippen LogP contribution in [-0.4, -0.2) is 31.8 Å². The van der Waals surface area contributed by atoms with Gasteiger partial charge in [-0.3, -0.25) is 4.79 Å². The lowest BCUT2D eigenvalue weighted by molar-refractivity contribution is -0.123. The van der Waals surface area contributed by atoms with E-state index in [-0.39, 0.29) is 12.4 Å². The summed E-state index contributed by atoms with van der Waals surface area (Å²) in [7, 11) is 1.45. The van der Waals surface area contributed by atoms with E-state index in [1.165, 1.54) is 24.7 Å². The van der Waals surface area contributed by atoms with Crippen molar-refractivity contribution < 1.29 is 23.8 Å². The van der Waals surface area contributed by atoms with E-state index in [9.17, 15) is 9.59 Å². The molecule has 4 aromatic rings. The third kappa shape index (κ3) is 5.92. The van der Waals surface area contributed by atoms with Gasteiger partial charge in [0.15, 0.2) is 18.1 Å². The Morgan fingerprint density at radius 3 is 2.54 bits per heavy atom. The van der Waals surface area contributed by atoms with Crippen LogP contribution in [0.2, 0.25) is 10.0 Å². The molecule has 0 radical (unpaired) electrons. The number of nitrogens with zero attached hydrogens (tertiary/aromatic N) is 1. The fourth-order valence-corrected chi connectivity index (χ4v) is 4.63. The monoisotopic (exact) mass is 528 g/mol. The topological polar surface area (TPSA) is 86.2 Å². The minimum atomic E-state index is -0.582. The third-order valence-electron chi connectivity index (χ3n) is 4.71. The van der Waals surface area contributed by atoms with Gasteiger partial charge >= 0.3 is 5.97 Å². The molecule has 0 fully saturated rings. The molecule has 0 bridgehead atoms. The third-order valence-corrected chi connectivity index (χ3v) is 6.68. The van der Waals surface area contributed by atoms with E-state index in [4.69, 9.17) is 37.4 Å². The molecule has 0 unspecified atom stereocenters. The Labute approximate surface area is 214 Å². The number of amides is 1. The Kier molecular flexibility index (Phi) is 7.87. The van der Waals surface area contributed by atoms with Crippen molar-refractivity contribution >= 4 is 62.7 Å². The van der Waals surface area contributed by atoms with Crippen LogP contribution in [-0.2, 0) is 4.79 Å². The zero-order valence-corrected chi connectivity index (χ0v) is 20.6. The summed E-state index contributed by atoms with van der Waals surface area (Å²) in [6, 6.07) is 19.2. The van der Waals surface area contributed by atoms with E-state index in [0.717, 1.165) is 10.1 Å². The maximum atomic E-state index is 12.7. The molecule has 178 valence electrons. The number of hydrazone groups is 1. The van der Waals surface area contributed by atoms with Crippen LogP contribution in [0, 0.1) is 0 Å². The Bertz CT molecular complexity index is 1420. The summed E-state index contributed by atoms with van der Waals surface area (Å²) in [5, 5.41) is 5.47. The number of esters is 1. The number of hydrogen-bond acceptors (Lipinski definition) is 7. The van der Waals surface area contributed by atoms with Gasteiger partial charge in [-0.2, -0.15) is 5.10 Å². The average molecular weight is 529 g/mol. The number of carbonyl (C=O) groups is 2. The number of benzene rings is 3. The predicted octanol–water partition coefficient (Wildman–Crippen LogP) is 5.97. The molecule has 1 aromatic heterocycles. The number of nitrogens with one attached hydrogen (secondary N) is 1. The maximum absolute atomic E-state index is 12.7. The molecule has 0 atom stereocenters. The number of halogens is 2. The molecule has 3 aromatic carbocycles. The van der Waals surface area contributed by atoms with Crippen molar-refractivity contribution in [1.82, 2.24) is 5.43 Å². The van der Waals surface area contributed by atoms with Gasteiger partial charge in [0, 0.05) is 10.1 Å². The second-order valence-electron chi connectivity index (χ2n) is 7.05. The summed E-state index contributed by atoms with van der Waals surface area (Å²) in [6.07, 6.45) is 1.42. The van der Waals surface area contributed by atoms with Gasteiger partial charge in [0.1, 0.15) is 10.6 Å². The molecule has 35 heavy (non-hydrogen) atoms. The summed E-state index contributed by atoms with van der Waals surface area (Å²) < 4.78 is 17.1. The lowest BCUT2D eigenvalue weighted by atomic mass is 10.2. The Morgan fingerprint density at radius 2 is 1.77 bits per heavy atom. The van der Waals surface area contributed by atoms with Crippen molar-refractivity contribution in [2.45, 2.75) is 0 Å². The lowest BCUT2D eigenvalue weighted by Crippen LogP contribution is -2.24. The molecular formula is C25H18Cl2N2O5S. The summed E-state index contributed by atoms with van der Waals surface area (Å²) in [4.78, 5) is 25.0. The summed E-state index contributed by atoms with van der Waals surface area (Å²) >= 11 is 13.6. The highest BCUT2D eigenvalue weighted by Crippen LogP contribution is 2.37. The molecule has 0 aliphatic rings. The molecule has 0 saturated carbocycles. The first-order valence-corrected chi connectivity index (χ1v) is 11.8. The van der Waals surface area contributed by atoms with Crippen LogP contribution in [0.25, 0.3) is 10.1 Å². The molecule has 0 saturated heterocycles. The van der Waals surface area contributed by atoms with Crippen LogP contribution in [0.4, 0.5) is 0 Å². The second-order valence-corrected chi connectivity index (χ2v) is 8.89. The Morgan fingerprint density at radius 1 is 1.00 bits per heavy atom. The SMILES string of the molecule is COc1cc(/C=N/NC(=O)COc2ccccc2Cl)ccc1OC(=O)c1sc2ccccc2c1Cl. The summed E-state index contributed by atoms with van der Waals surface area (Å²) in [5.74, 6) is -0.103. The smallest absolute Gasteiger partial charge is 0.355 e. The van der Waals surface area contributed by atoms with Crippen LogP contribution < -0.4 is 19.6 Å². The number of fused-ring (bicyclic) bond motifs is 1. The van der Waals surface area contributed by atoms with Crippen LogP contribution in [0.3, 0.4) is 0 Å². The zero-order chi connectivity index (χ0) is 24.8. The van der Waals surface area contributed by atoms with Gasteiger partial charge in [0.05, 0.1) is 23.4 Å². The highest BCUT2D eigenvalue weighted by molar-refractivity contribution is 7.21. The molecular weight excluding hydrogens is 511 g/mol. The lowest BCUT2D eigenvalue weighted by Gasteiger charge is -2.09. The fourth-order valence-electron chi connectivity index (χ4n) is 3.06. The number of methoxy groups -OCH3 is 1. The van der Waals surface area contributed by atoms with E-state index < -0.39 is 11.9 Å². The second kappa shape index (κ2) is 11.2. The number of carbonyl (C=O) groups excluding carboxylic acids is 2. The van der Waals surface area contributed by atoms with Crippen LogP contribution in [0.1, 0.15) is 15.2 Å². The summed E-state index contributed by atoms with van der Waals surface area (Å²) in [5.41, 5.74) is 2.97. The van der Waals surface area contributed by atoms with Gasteiger partial charge in [-0.05, 0) is 42.0 Å². The van der Waals surface area contributed by atoms with Crippen LogP contribution >= 0.6 is 34.5 Å². The zero-order valence-electron chi connectivity index (χ0n) is 18.3. The molecule has 7 nitrogen and oxygen atoms in total. The van der Waals surface area contributed by atoms with Gasteiger partial charge in [0.2, 0.25) is 0 Å². The molecule has 0 aliphatic heterocycles. The van der Waals surface area contributed by atoms with Crippen molar-refractivity contribution in [1.29, 1.82) is 0 Å². The van der Waals surface area contributed by atoms with E-state index in [1.54, 1.807) is 42.5 Å². The highest BCUT2D eigenvalue weighted by Gasteiger charge is 2.20. The minimum absolute atomic E-state index is 0.223. The number of rotatable bonds is 8. The van der Waals surface area contributed by atoms with Crippen molar-refractivity contribution in [3.8, 4) is 17.2 Å². The minimum Gasteiger partial charge on any atom is -0.493 e. The van der Waals surface area contributed by atoms with Crippen LogP contribution in [0.15, 0.2) is 71.8 Å². The van der Waals surface area contributed by atoms with E-state index >= 15 is 0 Å². The van der Waals surface area contributed by atoms with Crippen molar-refractivity contribution in [3.05, 3.63) is 87.2 Å². The molecule has 0 aliphatic carbocycles. The van der Waals surface area contributed by atoms with Crippen molar-refractivity contribution in [2.24, 2.45) is 5.10 Å². The first-order valence-electron chi connectivity index (χ1n) is 10.2. The molecule has 4 rings (SSSR count). The van der Waals surface area contributed by atoms with Crippen molar-refractivity contribution in [3.63, 3.8) is 0 Å². The van der Waals surface area contributed by atoms with Gasteiger partial charge in [-0.15, -0.1) is 11.3 Å². The molecule has 1 heterocycles. The van der Waals surface area contributed by atoms with Gasteiger partial charge in [-0.1, -0.05) is 53.5 Å². The number of hydrogen-bond donors (Lipinski definition) is 1. The highest BCUT2D eigenvalue weighted by atomic mass is 35.5. The maximum Gasteiger partial charge on any atom is 0.355 e. The van der Waals surface area contributed by atoms with Gasteiger partial charge in [0.25, 0.3) is 5.91 Å². The number of para-hydroxylation sites is 1. The first kappa shape index (κ1) is 24.5. The van der Waals surface area contributed by atoms with Gasteiger partial charge < -0.3 is 14.2 Å². The number of thiophene rings is 1. The fraction of sp³-hybridized carbons (Fsp3) is 0.0800. The summed E-state index contributed by atoms with van der Waals surface area (Å²) in [6.45, 7) is -0.250. The normalized spacial score (nSPS) is 10.9. The van der Waals surface area contributed by atoms with Gasteiger partial charge in [-0.25, -0.2) is 10.2 Å². The average Bonchev–Trinajstić information content (AvgIpc) is 3.21. The van der Waals surface area contributed by atoms with E-state index in [1.807, 2.05) is 24.3 Å². The molecule has 10 heteroatoms.